The first-order chi connectivity index (χ1) is 16.5. The predicted octanol–water partition coefficient (Wildman–Crippen LogP) is 5.73. The Kier molecular flexibility index (Phi) is 8.44. The number of carbonyl (C=O) groups is 2. The third kappa shape index (κ3) is 5.55. The first kappa shape index (κ1) is 24.9. The second-order valence-electron chi connectivity index (χ2n) is 8.37. The summed E-state index contributed by atoms with van der Waals surface area (Å²) >= 11 is 4.59. The Labute approximate surface area is 212 Å². The van der Waals surface area contributed by atoms with Gasteiger partial charge in [0.25, 0.3) is 0 Å². The summed E-state index contributed by atoms with van der Waals surface area (Å²) in [6.45, 7) is 2.17. The molecule has 3 aromatic heterocycles. The van der Waals surface area contributed by atoms with Crippen molar-refractivity contribution in [3.8, 4) is 11.4 Å². The minimum absolute atomic E-state index is 0.172. The van der Waals surface area contributed by atoms with Crippen LogP contribution in [-0.4, -0.2) is 39.5 Å². The zero-order chi connectivity index (χ0) is 24.1. The Hall–Kier alpha value is -2.17. The van der Waals surface area contributed by atoms with E-state index in [-0.39, 0.29) is 17.6 Å². The van der Waals surface area contributed by atoms with Crippen LogP contribution >= 0.6 is 34.4 Å². The zero-order valence-corrected chi connectivity index (χ0v) is 22.3. The average Bonchev–Trinajstić information content (AvgIpc) is 3.50. The molecule has 1 N–H and O–H groups in total. The van der Waals surface area contributed by atoms with Crippen LogP contribution < -0.4 is 5.32 Å². The number of thioether (sulfide) groups is 1. The van der Waals surface area contributed by atoms with Gasteiger partial charge in [0.2, 0.25) is 5.91 Å². The van der Waals surface area contributed by atoms with Crippen LogP contribution in [0.5, 0.6) is 0 Å². The number of thiophene rings is 2. The summed E-state index contributed by atoms with van der Waals surface area (Å²) in [6.07, 6.45) is 8.49. The van der Waals surface area contributed by atoms with Gasteiger partial charge in [-0.25, -0.2) is 4.79 Å². The van der Waals surface area contributed by atoms with Crippen LogP contribution in [0, 0.1) is 0 Å². The molecule has 0 unspecified atom stereocenters. The number of aromatic nitrogens is 3. The Morgan fingerprint density at radius 2 is 2.00 bits per heavy atom. The van der Waals surface area contributed by atoms with E-state index in [1.165, 1.54) is 52.8 Å². The number of rotatable bonds is 8. The molecule has 182 valence electrons. The third-order valence-electron chi connectivity index (χ3n) is 5.89. The smallest absolute Gasteiger partial charge is 0.341 e. The molecule has 1 aliphatic carbocycles. The first-order valence-corrected chi connectivity index (χ1v) is 14.3. The molecule has 3 aromatic rings. The summed E-state index contributed by atoms with van der Waals surface area (Å²) in [6, 6.07) is 2.16. The summed E-state index contributed by atoms with van der Waals surface area (Å²) in [4.78, 5) is 27.9. The van der Waals surface area contributed by atoms with Gasteiger partial charge in [-0.05, 0) is 43.7 Å². The minimum atomic E-state index is -0.378. The number of ether oxygens (including phenoxy) is 1. The molecule has 0 spiro atoms. The number of hydrogen-bond acceptors (Lipinski definition) is 8. The van der Waals surface area contributed by atoms with Crippen molar-refractivity contribution in [1.29, 1.82) is 0 Å². The number of methoxy groups -OCH3 is 1. The van der Waals surface area contributed by atoms with E-state index in [0.717, 1.165) is 55.5 Å². The molecule has 7 nitrogen and oxygen atoms in total. The van der Waals surface area contributed by atoms with Crippen molar-refractivity contribution in [2.24, 2.45) is 7.05 Å². The second kappa shape index (κ2) is 11.5. The number of esters is 1. The highest BCUT2D eigenvalue weighted by Gasteiger charge is 2.26. The maximum Gasteiger partial charge on any atom is 0.341 e. The zero-order valence-electron chi connectivity index (χ0n) is 19.8. The molecule has 1 aliphatic rings. The number of amides is 1. The Balaban J connectivity index is 1.45. The van der Waals surface area contributed by atoms with Crippen molar-refractivity contribution in [1.82, 2.24) is 14.8 Å². The number of aryl methyl sites for hydroxylation is 2. The molecule has 0 radical (unpaired) electrons. The van der Waals surface area contributed by atoms with Crippen molar-refractivity contribution in [3.63, 3.8) is 0 Å². The van der Waals surface area contributed by atoms with E-state index in [2.05, 4.69) is 33.9 Å². The van der Waals surface area contributed by atoms with Crippen molar-refractivity contribution < 1.29 is 14.3 Å². The second-order valence-corrected chi connectivity index (χ2v) is 11.4. The van der Waals surface area contributed by atoms with Gasteiger partial charge in [0.05, 0.1) is 18.4 Å². The van der Waals surface area contributed by atoms with Gasteiger partial charge in [-0.15, -0.1) is 32.9 Å². The topological polar surface area (TPSA) is 86.1 Å². The Morgan fingerprint density at radius 3 is 2.76 bits per heavy atom. The summed E-state index contributed by atoms with van der Waals surface area (Å²) in [5, 5.41) is 15.0. The maximum absolute atomic E-state index is 12.8. The van der Waals surface area contributed by atoms with Gasteiger partial charge < -0.3 is 14.6 Å². The molecule has 0 saturated heterocycles. The van der Waals surface area contributed by atoms with E-state index in [1.807, 2.05) is 11.6 Å². The van der Waals surface area contributed by atoms with Crippen molar-refractivity contribution in [3.05, 3.63) is 32.3 Å². The van der Waals surface area contributed by atoms with E-state index in [0.29, 0.717) is 15.7 Å². The van der Waals surface area contributed by atoms with E-state index in [1.54, 1.807) is 11.3 Å². The standard InChI is InChI=1S/C24H30N4O3S3/c1-4-9-16-12-15(13-32-16)21-26-27-24(28(21)2)33-14-19(29)25-22-20(23(30)31-3)17-10-7-5-6-8-11-18(17)34-22/h12-13H,4-11,14H2,1-3H3,(H,25,29). The number of anilines is 1. The number of carbonyl (C=O) groups excluding carboxylic acids is 2. The monoisotopic (exact) mass is 518 g/mol. The highest BCUT2D eigenvalue weighted by atomic mass is 32.2. The normalized spacial score (nSPS) is 13.7. The number of nitrogens with zero attached hydrogens (tertiary/aromatic N) is 3. The molecule has 10 heteroatoms. The van der Waals surface area contributed by atoms with Gasteiger partial charge in [-0.1, -0.05) is 37.9 Å². The highest BCUT2D eigenvalue weighted by molar-refractivity contribution is 7.99. The quantitative estimate of drug-likeness (QED) is 0.303. The molecule has 0 saturated carbocycles. The SMILES string of the molecule is CCCc1cc(-c2nnc(SCC(=O)Nc3sc4c(c3C(=O)OC)CCCCCC4)n2C)cs1. The van der Waals surface area contributed by atoms with Crippen molar-refractivity contribution in [2.45, 2.75) is 63.4 Å². The molecule has 1 amide bonds. The fourth-order valence-corrected chi connectivity index (χ4v) is 7.16. The van der Waals surface area contributed by atoms with Crippen molar-refractivity contribution >= 4 is 51.3 Å². The van der Waals surface area contributed by atoms with Crippen LogP contribution in [0.25, 0.3) is 11.4 Å². The lowest BCUT2D eigenvalue weighted by Gasteiger charge is -2.11. The summed E-state index contributed by atoms with van der Waals surface area (Å²) < 4.78 is 6.98. The highest BCUT2D eigenvalue weighted by Crippen LogP contribution is 2.37. The van der Waals surface area contributed by atoms with E-state index < -0.39 is 0 Å². The Bertz CT molecular complexity index is 1160. The van der Waals surface area contributed by atoms with Gasteiger partial charge in [-0.3, -0.25) is 4.79 Å². The molecular weight excluding hydrogens is 488 g/mol. The summed E-state index contributed by atoms with van der Waals surface area (Å²) in [5.41, 5.74) is 2.64. The fourth-order valence-electron chi connectivity index (χ4n) is 4.19. The molecule has 0 bridgehead atoms. The van der Waals surface area contributed by atoms with E-state index >= 15 is 0 Å². The van der Waals surface area contributed by atoms with Gasteiger partial charge >= 0.3 is 5.97 Å². The van der Waals surface area contributed by atoms with Crippen LogP contribution in [-0.2, 0) is 35.8 Å². The molecule has 34 heavy (non-hydrogen) atoms. The summed E-state index contributed by atoms with van der Waals surface area (Å²) in [7, 11) is 3.31. The molecule has 0 fully saturated rings. The molecular formula is C24H30N4O3S3. The molecule has 3 heterocycles. The van der Waals surface area contributed by atoms with E-state index in [4.69, 9.17) is 4.74 Å². The Morgan fingerprint density at radius 1 is 1.21 bits per heavy atom. The van der Waals surface area contributed by atoms with Crippen LogP contribution in [0.2, 0.25) is 0 Å². The summed E-state index contributed by atoms with van der Waals surface area (Å²) in [5.74, 6) is 0.430. The fraction of sp³-hybridized carbons (Fsp3) is 0.500. The van der Waals surface area contributed by atoms with Gasteiger partial charge in [0.15, 0.2) is 11.0 Å². The average molecular weight is 519 g/mol. The lowest BCUT2D eigenvalue weighted by molar-refractivity contribution is -0.113. The molecule has 0 aliphatic heterocycles. The van der Waals surface area contributed by atoms with E-state index in [9.17, 15) is 9.59 Å². The third-order valence-corrected chi connectivity index (χ3v) is 9.11. The minimum Gasteiger partial charge on any atom is -0.465 e. The number of nitrogens with one attached hydrogen (secondary N) is 1. The molecule has 0 atom stereocenters. The van der Waals surface area contributed by atoms with Gasteiger partial charge in [0, 0.05) is 27.7 Å². The predicted molar refractivity (Wildman–Crippen MR) is 139 cm³/mol. The lowest BCUT2D eigenvalue weighted by Crippen LogP contribution is -2.16. The maximum atomic E-state index is 12.8. The van der Waals surface area contributed by atoms with Gasteiger partial charge in [-0.2, -0.15) is 0 Å². The van der Waals surface area contributed by atoms with Crippen molar-refractivity contribution in [2.75, 3.05) is 18.2 Å². The lowest BCUT2D eigenvalue weighted by atomic mass is 9.96. The van der Waals surface area contributed by atoms with Crippen LogP contribution in [0.3, 0.4) is 0 Å². The first-order valence-electron chi connectivity index (χ1n) is 11.6. The number of hydrogen-bond donors (Lipinski definition) is 1. The molecule has 0 aromatic carbocycles. The van der Waals surface area contributed by atoms with Crippen LogP contribution in [0.15, 0.2) is 16.6 Å². The van der Waals surface area contributed by atoms with Crippen LogP contribution in [0.1, 0.15) is 64.7 Å². The van der Waals surface area contributed by atoms with Crippen LogP contribution in [0.4, 0.5) is 5.00 Å². The molecule has 4 rings (SSSR count). The largest absolute Gasteiger partial charge is 0.465 e. The van der Waals surface area contributed by atoms with Gasteiger partial charge in [0.1, 0.15) is 5.00 Å². The number of fused-ring (bicyclic) bond motifs is 1.